The van der Waals surface area contributed by atoms with E-state index in [2.05, 4.69) is 4.98 Å². The molecule has 0 saturated carbocycles. The summed E-state index contributed by atoms with van der Waals surface area (Å²) in [6.07, 6.45) is 3.64. The molecule has 1 aliphatic rings. The van der Waals surface area contributed by atoms with Crippen molar-refractivity contribution in [3.63, 3.8) is 0 Å². The Balaban J connectivity index is 2.01. The van der Waals surface area contributed by atoms with Gasteiger partial charge in [0.15, 0.2) is 11.6 Å². The van der Waals surface area contributed by atoms with Crippen molar-refractivity contribution in [2.75, 3.05) is 20.6 Å². The van der Waals surface area contributed by atoms with Crippen molar-refractivity contribution in [1.29, 1.82) is 0 Å². The number of aromatic hydroxyl groups is 1. The molecule has 0 aliphatic heterocycles. The van der Waals surface area contributed by atoms with E-state index in [1.165, 1.54) is 6.20 Å². The standard InChI is InChI=1S/C20H18N2O3/c1-22(2)7-6-12-19(24)13-8-11-4-3-5-16(23)17(11)14-9-21-10-15(18(13)14)20(12)25/h3-5,8-10,12,23H,6-7H2,1-2H3. The molecule has 1 atom stereocenters. The van der Waals surface area contributed by atoms with Crippen LogP contribution in [-0.4, -0.2) is 47.2 Å². The normalized spacial score (nSPS) is 17.0. The molecule has 0 saturated heterocycles. The molecule has 1 unspecified atom stereocenters. The maximum absolute atomic E-state index is 13.0. The van der Waals surface area contributed by atoms with Crippen molar-refractivity contribution < 1.29 is 14.7 Å². The highest BCUT2D eigenvalue weighted by atomic mass is 16.3. The predicted octanol–water partition coefficient (Wildman–Crippen LogP) is 3.04. The van der Waals surface area contributed by atoms with Gasteiger partial charge in [-0.15, -0.1) is 0 Å². The molecule has 126 valence electrons. The minimum absolute atomic E-state index is 0.123. The molecule has 0 bridgehead atoms. The van der Waals surface area contributed by atoms with Crippen LogP contribution in [0.4, 0.5) is 0 Å². The monoisotopic (exact) mass is 334 g/mol. The summed E-state index contributed by atoms with van der Waals surface area (Å²) < 4.78 is 0. The van der Waals surface area contributed by atoms with Gasteiger partial charge in [0.1, 0.15) is 5.75 Å². The number of carbonyl (C=O) groups is 2. The van der Waals surface area contributed by atoms with Gasteiger partial charge in [0, 0.05) is 39.7 Å². The van der Waals surface area contributed by atoms with Gasteiger partial charge in [-0.1, -0.05) is 12.1 Å². The minimum Gasteiger partial charge on any atom is -0.507 e. The van der Waals surface area contributed by atoms with Gasteiger partial charge >= 0.3 is 0 Å². The highest BCUT2D eigenvalue weighted by Gasteiger charge is 2.36. The summed E-state index contributed by atoms with van der Waals surface area (Å²) in [7, 11) is 3.84. The lowest BCUT2D eigenvalue weighted by atomic mass is 9.78. The van der Waals surface area contributed by atoms with E-state index in [0.717, 1.165) is 5.39 Å². The summed E-state index contributed by atoms with van der Waals surface area (Å²) in [6, 6.07) is 6.99. The Morgan fingerprint density at radius 2 is 1.84 bits per heavy atom. The molecule has 3 aromatic rings. The number of aromatic nitrogens is 1. The second-order valence-corrected chi connectivity index (χ2v) is 6.78. The molecular formula is C20H18N2O3. The molecule has 4 rings (SSSR count). The van der Waals surface area contributed by atoms with Gasteiger partial charge in [-0.2, -0.15) is 0 Å². The Labute approximate surface area is 144 Å². The zero-order valence-corrected chi connectivity index (χ0v) is 14.1. The summed E-state index contributed by atoms with van der Waals surface area (Å²) in [5, 5.41) is 12.9. The number of pyridine rings is 1. The maximum Gasteiger partial charge on any atom is 0.175 e. The Morgan fingerprint density at radius 3 is 2.60 bits per heavy atom. The summed E-state index contributed by atoms with van der Waals surface area (Å²) in [4.78, 5) is 32.1. The lowest BCUT2D eigenvalue weighted by molar-refractivity contribution is 0.0788. The Kier molecular flexibility index (Phi) is 3.54. The lowest BCUT2D eigenvalue weighted by Gasteiger charge is -2.24. The van der Waals surface area contributed by atoms with Gasteiger partial charge in [-0.05, 0) is 44.6 Å². The summed E-state index contributed by atoms with van der Waals surface area (Å²) in [5.41, 5.74) is 1.02. The van der Waals surface area contributed by atoms with Crippen LogP contribution in [0.2, 0.25) is 0 Å². The maximum atomic E-state index is 13.0. The molecule has 5 nitrogen and oxygen atoms in total. The number of benzene rings is 2. The molecule has 1 aliphatic carbocycles. The van der Waals surface area contributed by atoms with E-state index in [1.807, 2.05) is 25.1 Å². The predicted molar refractivity (Wildman–Crippen MR) is 96.2 cm³/mol. The first-order chi connectivity index (χ1) is 12.0. The summed E-state index contributed by atoms with van der Waals surface area (Å²) >= 11 is 0. The molecule has 0 radical (unpaired) electrons. The minimum atomic E-state index is -0.669. The first kappa shape index (κ1) is 15.7. The Morgan fingerprint density at radius 1 is 1.08 bits per heavy atom. The summed E-state index contributed by atoms with van der Waals surface area (Å²) in [5.74, 6) is -0.859. The van der Waals surface area contributed by atoms with Gasteiger partial charge in [-0.25, -0.2) is 0 Å². The second kappa shape index (κ2) is 5.63. The second-order valence-electron chi connectivity index (χ2n) is 6.78. The number of nitrogens with zero attached hydrogens (tertiary/aromatic N) is 2. The van der Waals surface area contributed by atoms with Crippen molar-refractivity contribution in [2.24, 2.45) is 5.92 Å². The number of hydrogen-bond donors (Lipinski definition) is 1. The molecular weight excluding hydrogens is 316 g/mol. The number of hydrogen-bond acceptors (Lipinski definition) is 5. The SMILES string of the molecule is CN(C)CCC1C(=O)c2cncc3c2c(cc2cccc(O)c23)C1=O. The van der Waals surface area contributed by atoms with E-state index in [-0.39, 0.29) is 17.3 Å². The third-order valence-electron chi connectivity index (χ3n) is 4.89. The van der Waals surface area contributed by atoms with Crippen LogP contribution in [0.5, 0.6) is 5.75 Å². The topological polar surface area (TPSA) is 70.5 Å². The third kappa shape index (κ3) is 2.31. The van der Waals surface area contributed by atoms with Crippen LogP contribution in [-0.2, 0) is 0 Å². The van der Waals surface area contributed by atoms with Crippen molar-refractivity contribution in [1.82, 2.24) is 9.88 Å². The smallest absolute Gasteiger partial charge is 0.175 e. The first-order valence-corrected chi connectivity index (χ1v) is 8.24. The van der Waals surface area contributed by atoms with Crippen LogP contribution >= 0.6 is 0 Å². The van der Waals surface area contributed by atoms with E-state index < -0.39 is 5.92 Å². The highest BCUT2D eigenvalue weighted by Crippen LogP contribution is 2.39. The van der Waals surface area contributed by atoms with Gasteiger partial charge in [0.05, 0.1) is 5.92 Å². The molecule has 25 heavy (non-hydrogen) atoms. The van der Waals surface area contributed by atoms with Gasteiger partial charge in [0.2, 0.25) is 0 Å². The van der Waals surface area contributed by atoms with Crippen LogP contribution in [0, 0.1) is 5.92 Å². The van der Waals surface area contributed by atoms with Crippen LogP contribution in [0.1, 0.15) is 27.1 Å². The fourth-order valence-electron chi connectivity index (χ4n) is 3.66. The fourth-order valence-corrected chi connectivity index (χ4v) is 3.66. The largest absolute Gasteiger partial charge is 0.507 e. The highest BCUT2D eigenvalue weighted by molar-refractivity contribution is 6.32. The zero-order chi connectivity index (χ0) is 17.7. The number of ketones is 2. The third-order valence-corrected chi connectivity index (χ3v) is 4.89. The molecule has 1 heterocycles. The quantitative estimate of drug-likeness (QED) is 0.589. The van der Waals surface area contributed by atoms with E-state index in [4.69, 9.17) is 0 Å². The van der Waals surface area contributed by atoms with Crippen LogP contribution in [0.25, 0.3) is 21.5 Å². The average Bonchev–Trinajstić information content (AvgIpc) is 2.59. The van der Waals surface area contributed by atoms with Crippen LogP contribution < -0.4 is 0 Å². The first-order valence-electron chi connectivity index (χ1n) is 8.24. The van der Waals surface area contributed by atoms with E-state index in [0.29, 0.717) is 40.3 Å². The van der Waals surface area contributed by atoms with E-state index in [9.17, 15) is 14.7 Å². The Hall–Kier alpha value is -2.79. The molecule has 1 aromatic heterocycles. The van der Waals surface area contributed by atoms with Crippen molar-refractivity contribution in [2.45, 2.75) is 6.42 Å². The van der Waals surface area contributed by atoms with Crippen LogP contribution in [0.3, 0.4) is 0 Å². The zero-order valence-electron chi connectivity index (χ0n) is 14.1. The molecule has 5 heteroatoms. The van der Waals surface area contributed by atoms with Crippen molar-refractivity contribution in [3.8, 4) is 5.75 Å². The van der Waals surface area contributed by atoms with Crippen molar-refractivity contribution >= 4 is 33.1 Å². The number of fused-ring (bicyclic) bond motifs is 2. The Bertz CT molecular complexity index is 1040. The van der Waals surface area contributed by atoms with Gasteiger partial charge in [0.25, 0.3) is 0 Å². The fraction of sp³-hybridized carbons (Fsp3) is 0.250. The number of rotatable bonds is 3. The van der Waals surface area contributed by atoms with Gasteiger partial charge < -0.3 is 10.0 Å². The lowest BCUT2D eigenvalue weighted by Crippen LogP contribution is -2.32. The summed E-state index contributed by atoms with van der Waals surface area (Å²) in [6.45, 7) is 0.662. The molecule has 0 fully saturated rings. The number of phenolic OH excluding ortho intramolecular Hbond substituents is 1. The average molecular weight is 334 g/mol. The molecule has 0 spiro atoms. The van der Waals surface area contributed by atoms with Crippen LogP contribution in [0.15, 0.2) is 36.7 Å². The van der Waals surface area contributed by atoms with Crippen molar-refractivity contribution in [3.05, 3.63) is 47.8 Å². The number of phenols is 1. The number of carbonyl (C=O) groups excluding carboxylic acids is 2. The molecule has 2 aromatic carbocycles. The number of Topliss-reactive ketones (excluding diaryl/α,β-unsaturated/α-hetero) is 2. The molecule has 0 amide bonds. The van der Waals surface area contributed by atoms with E-state index in [1.54, 1.807) is 24.4 Å². The van der Waals surface area contributed by atoms with E-state index >= 15 is 0 Å². The van der Waals surface area contributed by atoms with Gasteiger partial charge in [-0.3, -0.25) is 14.6 Å². The molecule has 1 N–H and O–H groups in total.